The van der Waals surface area contributed by atoms with Crippen molar-refractivity contribution in [3.05, 3.63) is 17.4 Å². The molecule has 76 valence electrons. The van der Waals surface area contributed by atoms with Gasteiger partial charge in [0.2, 0.25) is 5.95 Å². The van der Waals surface area contributed by atoms with Gasteiger partial charge in [0.15, 0.2) is 0 Å². The van der Waals surface area contributed by atoms with Gasteiger partial charge in [0.25, 0.3) is 0 Å². The first-order chi connectivity index (χ1) is 6.75. The van der Waals surface area contributed by atoms with E-state index in [0.717, 1.165) is 0 Å². The van der Waals surface area contributed by atoms with Crippen molar-refractivity contribution in [2.24, 2.45) is 0 Å². The first-order valence-corrected chi connectivity index (χ1v) is 4.59. The van der Waals surface area contributed by atoms with Gasteiger partial charge in [-0.05, 0) is 0 Å². The fourth-order valence-corrected chi connectivity index (χ4v) is 1.31. The highest BCUT2D eigenvalue weighted by molar-refractivity contribution is 6.30. The summed E-state index contributed by atoms with van der Waals surface area (Å²) in [5.41, 5.74) is 0. The third-order valence-corrected chi connectivity index (χ3v) is 2.14. The largest absolute Gasteiger partial charge is 0.376 e. The van der Waals surface area contributed by atoms with E-state index in [4.69, 9.17) is 16.3 Å². The van der Waals surface area contributed by atoms with E-state index >= 15 is 0 Å². The van der Waals surface area contributed by atoms with Crippen molar-refractivity contribution in [1.82, 2.24) is 9.97 Å². The maximum absolute atomic E-state index is 13.1. The van der Waals surface area contributed by atoms with Crippen LogP contribution in [-0.2, 0) is 4.74 Å². The van der Waals surface area contributed by atoms with Crippen LogP contribution in [0.5, 0.6) is 0 Å². The molecule has 1 aromatic rings. The molecule has 2 rings (SSSR count). The molecule has 4 nitrogen and oxygen atoms in total. The van der Waals surface area contributed by atoms with Crippen molar-refractivity contribution in [2.75, 3.05) is 18.5 Å². The summed E-state index contributed by atoms with van der Waals surface area (Å²) in [4.78, 5) is 7.80. The number of rotatable bonds is 2. The molecule has 1 aromatic heterocycles. The molecule has 1 saturated heterocycles. The summed E-state index contributed by atoms with van der Waals surface area (Å²) in [6.07, 6.45) is 1.91. The molecular weight excluding hydrogens is 209 g/mol. The molecule has 0 saturated carbocycles. The van der Waals surface area contributed by atoms with Gasteiger partial charge in [0.1, 0.15) is 6.17 Å². The summed E-state index contributed by atoms with van der Waals surface area (Å²) >= 11 is 5.61. The van der Waals surface area contributed by atoms with Crippen LogP contribution in [0.3, 0.4) is 0 Å². The monoisotopic (exact) mass is 217 g/mol. The molecule has 1 aliphatic heterocycles. The van der Waals surface area contributed by atoms with Crippen LogP contribution in [0.25, 0.3) is 0 Å². The fourth-order valence-electron chi connectivity index (χ4n) is 1.21. The SMILES string of the molecule is F[C@@H]1COC[C@H]1Nc1ncc(Cl)cn1. The number of nitrogens with zero attached hydrogens (tertiary/aromatic N) is 2. The number of halogens is 2. The van der Waals surface area contributed by atoms with E-state index in [-0.39, 0.29) is 12.6 Å². The van der Waals surface area contributed by atoms with Gasteiger partial charge < -0.3 is 10.1 Å². The highest BCUT2D eigenvalue weighted by atomic mass is 35.5. The number of nitrogens with one attached hydrogen (secondary N) is 1. The Labute approximate surface area is 85.5 Å². The Balaban J connectivity index is 2.00. The molecule has 1 fully saturated rings. The van der Waals surface area contributed by atoms with Gasteiger partial charge in [-0.1, -0.05) is 11.6 Å². The van der Waals surface area contributed by atoms with Crippen molar-refractivity contribution >= 4 is 17.5 Å². The van der Waals surface area contributed by atoms with Gasteiger partial charge in [-0.3, -0.25) is 0 Å². The van der Waals surface area contributed by atoms with Gasteiger partial charge in [-0.25, -0.2) is 14.4 Å². The van der Waals surface area contributed by atoms with E-state index in [1.807, 2.05) is 0 Å². The molecule has 14 heavy (non-hydrogen) atoms. The molecule has 0 radical (unpaired) electrons. The Bertz CT molecular complexity index is 308. The molecule has 2 heterocycles. The predicted octanol–water partition coefficient (Wildman–Crippen LogP) is 1.28. The molecule has 0 amide bonds. The lowest BCUT2D eigenvalue weighted by atomic mass is 10.2. The minimum Gasteiger partial charge on any atom is -0.376 e. The lowest BCUT2D eigenvalue weighted by molar-refractivity contribution is 0.173. The smallest absolute Gasteiger partial charge is 0.223 e. The average molecular weight is 218 g/mol. The van der Waals surface area contributed by atoms with E-state index < -0.39 is 6.17 Å². The molecule has 0 aliphatic carbocycles. The summed E-state index contributed by atoms with van der Waals surface area (Å²) in [5.74, 6) is 0.368. The second kappa shape index (κ2) is 4.06. The molecule has 0 unspecified atom stereocenters. The van der Waals surface area contributed by atoms with Gasteiger partial charge >= 0.3 is 0 Å². The molecule has 1 aliphatic rings. The Hall–Kier alpha value is -0.940. The third kappa shape index (κ3) is 2.10. The fraction of sp³-hybridized carbons (Fsp3) is 0.500. The summed E-state index contributed by atoms with van der Waals surface area (Å²) in [6, 6.07) is -0.365. The van der Waals surface area contributed by atoms with Crippen molar-refractivity contribution in [1.29, 1.82) is 0 Å². The normalized spacial score (nSPS) is 26.4. The lowest BCUT2D eigenvalue weighted by Crippen LogP contribution is -2.29. The number of anilines is 1. The van der Waals surface area contributed by atoms with Crippen LogP contribution in [-0.4, -0.2) is 35.4 Å². The van der Waals surface area contributed by atoms with Gasteiger partial charge in [-0.15, -0.1) is 0 Å². The number of hydrogen-bond acceptors (Lipinski definition) is 4. The van der Waals surface area contributed by atoms with Crippen molar-refractivity contribution < 1.29 is 9.13 Å². The molecule has 0 aromatic carbocycles. The van der Waals surface area contributed by atoms with Crippen LogP contribution < -0.4 is 5.32 Å². The molecule has 0 bridgehead atoms. The minimum absolute atomic E-state index is 0.130. The zero-order valence-electron chi connectivity index (χ0n) is 7.28. The summed E-state index contributed by atoms with van der Waals surface area (Å²) in [7, 11) is 0. The zero-order valence-corrected chi connectivity index (χ0v) is 8.04. The maximum atomic E-state index is 13.1. The zero-order chi connectivity index (χ0) is 9.97. The maximum Gasteiger partial charge on any atom is 0.223 e. The average Bonchev–Trinajstić information content (AvgIpc) is 2.56. The van der Waals surface area contributed by atoms with Crippen molar-refractivity contribution in [3.8, 4) is 0 Å². The van der Waals surface area contributed by atoms with E-state index in [1.165, 1.54) is 12.4 Å². The number of hydrogen-bond donors (Lipinski definition) is 1. The van der Waals surface area contributed by atoms with Crippen molar-refractivity contribution in [3.63, 3.8) is 0 Å². The summed E-state index contributed by atoms with van der Waals surface area (Å²) < 4.78 is 18.0. The molecule has 6 heteroatoms. The number of aromatic nitrogens is 2. The third-order valence-electron chi connectivity index (χ3n) is 1.95. The number of ether oxygens (including phenoxy) is 1. The van der Waals surface area contributed by atoms with Crippen LogP contribution in [0.4, 0.5) is 10.3 Å². The highest BCUT2D eigenvalue weighted by Crippen LogP contribution is 2.14. The summed E-state index contributed by atoms with van der Waals surface area (Å²) in [5, 5.41) is 3.29. The van der Waals surface area contributed by atoms with Gasteiger partial charge in [0, 0.05) is 0 Å². The molecule has 2 atom stereocenters. The topological polar surface area (TPSA) is 47.0 Å². The predicted molar refractivity (Wildman–Crippen MR) is 50.2 cm³/mol. The number of alkyl halides is 1. The minimum atomic E-state index is -1.01. The van der Waals surface area contributed by atoms with Crippen LogP contribution >= 0.6 is 11.6 Å². The molecular formula is C8H9ClFN3O. The van der Waals surface area contributed by atoms with Crippen LogP contribution in [0.15, 0.2) is 12.4 Å². The Morgan fingerprint density at radius 3 is 2.71 bits per heavy atom. The van der Waals surface area contributed by atoms with Gasteiger partial charge in [-0.2, -0.15) is 0 Å². The first-order valence-electron chi connectivity index (χ1n) is 4.21. The highest BCUT2D eigenvalue weighted by Gasteiger charge is 2.28. The van der Waals surface area contributed by atoms with E-state index in [0.29, 0.717) is 17.6 Å². The van der Waals surface area contributed by atoms with E-state index in [2.05, 4.69) is 15.3 Å². The second-order valence-electron chi connectivity index (χ2n) is 3.03. The molecule has 0 spiro atoms. The van der Waals surface area contributed by atoms with Crippen LogP contribution in [0.1, 0.15) is 0 Å². The van der Waals surface area contributed by atoms with Crippen LogP contribution in [0, 0.1) is 0 Å². The van der Waals surface area contributed by atoms with Crippen LogP contribution in [0.2, 0.25) is 5.02 Å². The Morgan fingerprint density at radius 2 is 2.14 bits per heavy atom. The lowest BCUT2D eigenvalue weighted by Gasteiger charge is -2.12. The Kier molecular flexibility index (Phi) is 2.79. The first kappa shape index (κ1) is 9.61. The van der Waals surface area contributed by atoms with E-state index in [1.54, 1.807) is 0 Å². The molecule has 1 N–H and O–H groups in total. The van der Waals surface area contributed by atoms with Gasteiger partial charge in [0.05, 0.1) is 36.7 Å². The second-order valence-corrected chi connectivity index (χ2v) is 3.47. The Morgan fingerprint density at radius 1 is 1.43 bits per heavy atom. The summed E-state index contributed by atoms with van der Waals surface area (Å²) in [6.45, 7) is 0.471. The standard InChI is InChI=1S/C8H9ClFN3O/c9-5-1-11-8(12-2-5)13-7-4-14-3-6(7)10/h1-2,6-7H,3-4H2,(H,11,12,13)/t6-,7-/m1/s1. The van der Waals surface area contributed by atoms with E-state index in [9.17, 15) is 4.39 Å². The van der Waals surface area contributed by atoms with Crippen molar-refractivity contribution in [2.45, 2.75) is 12.2 Å². The quantitative estimate of drug-likeness (QED) is 0.811.